The van der Waals surface area contributed by atoms with Crippen LogP contribution in [0.3, 0.4) is 0 Å². The second-order valence-electron chi connectivity index (χ2n) is 16.4. The van der Waals surface area contributed by atoms with Crippen LogP contribution in [0.4, 0.5) is 23.3 Å². The Hall–Kier alpha value is -1.63. The van der Waals surface area contributed by atoms with E-state index in [0.717, 1.165) is 57.9 Å². The first-order valence-corrected chi connectivity index (χ1v) is 30.7. The number of hydrogen-bond acceptors (Lipinski definition) is 11. The van der Waals surface area contributed by atoms with Gasteiger partial charge in [0.05, 0.1) is 0 Å². The first-order chi connectivity index (χ1) is 31.5. The standard InChI is InChI=1S/C53H80N5S6/c1-8-15-21-31-59-45-37-43(38-46(60-32-22-16-9-2)49(45)63-35-25-19-12-5)54-52-56-51(42-29-27-41(14-7)28-30-42)57-53(58-52)55-44-39-47(61-33-23-17-10-3)50(64-36-26-20-13-6)48(40-44)62-34-24-18-11-4/h27-30,37-40H,7-26,31-36H2,1-6H3,(H2,54,55,56,57,58). The molecule has 0 unspecified atom stereocenters. The van der Waals surface area contributed by atoms with E-state index in [1.807, 2.05) is 47.0 Å². The Morgan fingerprint density at radius 2 is 0.719 bits per heavy atom. The summed E-state index contributed by atoms with van der Waals surface area (Å²) >= 11 is 12.2. The van der Waals surface area contributed by atoms with Crippen LogP contribution in [0.5, 0.6) is 0 Å². The molecule has 0 atom stereocenters. The molecule has 1 aromatic heterocycles. The van der Waals surface area contributed by atoms with Crippen molar-refractivity contribution in [3.8, 4) is 11.4 Å². The highest BCUT2D eigenvalue weighted by Gasteiger charge is 2.18. The van der Waals surface area contributed by atoms with Crippen LogP contribution in [0.25, 0.3) is 11.4 Å². The molecule has 2 N–H and O–H groups in total. The molecular formula is C53H80N5S6. The average Bonchev–Trinajstić information content (AvgIpc) is 3.30. The number of benzene rings is 3. The molecule has 1 heterocycles. The van der Waals surface area contributed by atoms with Crippen LogP contribution in [-0.4, -0.2) is 49.5 Å². The van der Waals surface area contributed by atoms with Gasteiger partial charge in [-0.2, -0.15) is 15.0 Å². The quantitative estimate of drug-likeness (QED) is 0.0338. The monoisotopic (exact) mass is 978 g/mol. The normalized spacial score (nSPS) is 11.4. The number of nitrogens with zero attached hydrogens (tertiary/aromatic N) is 3. The van der Waals surface area contributed by atoms with Gasteiger partial charge in [0.25, 0.3) is 0 Å². The Balaban J connectivity index is 1.80. The van der Waals surface area contributed by atoms with Gasteiger partial charge < -0.3 is 10.6 Å². The highest BCUT2D eigenvalue weighted by molar-refractivity contribution is 8.04. The Bertz CT molecular complexity index is 1700. The summed E-state index contributed by atoms with van der Waals surface area (Å²) in [6.45, 7) is 17.9. The van der Waals surface area contributed by atoms with Crippen molar-refractivity contribution in [1.29, 1.82) is 0 Å². The smallest absolute Gasteiger partial charge is 0.232 e. The number of aromatic nitrogens is 3. The van der Waals surface area contributed by atoms with E-state index >= 15 is 0 Å². The minimum absolute atomic E-state index is 0.548. The van der Waals surface area contributed by atoms with Crippen molar-refractivity contribution in [3.05, 3.63) is 61.0 Å². The molecule has 353 valence electrons. The molecule has 0 aliphatic rings. The summed E-state index contributed by atoms with van der Waals surface area (Å²) in [6, 6.07) is 17.9. The van der Waals surface area contributed by atoms with Crippen molar-refractivity contribution in [2.45, 2.75) is 193 Å². The number of nitrogens with one attached hydrogen (secondary N) is 2. The van der Waals surface area contributed by atoms with Gasteiger partial charge in [0, 0.05) is 46.3 Å². The van der Waals surface area contributed by atoms with Crippen molar-refractivity contribution >= 4 is 93.8 Å². The molecule has 3 aromatic carbocycles. The summed E-state index contributed by atoms with van der Waals surface area (Å²) < 4.78 is 0. The molecule has 0 fully saturated rings. The highest BCUT2D eigenvalue weighted by atomic mass is 32.2. The minimum Gasteiger partial charge on any atom is -0.324 e. The van der Waals surface area contributed by atoms with Crippen LogP contribution in [-0.2, 0) is 6.42 Å². The molecular weight excluding hydrogens is 899 g/mol. The topological polar surface area (TPSA) is 62.7 Å². The van der Waals surface area contributed by atoms with Gasteiger partial charge in [-0.05, 0) is 116 Å². The van der Waals surface area contributed by atoms with E-state index in [0.29, 0.717) is 17.7 Å². The summed E-state index contributed by atoms with van der Waals surface area (Å²) in [4.78, 5) is 23.8. The van der Waals surface area contributed by atoms with Crippen LogP contribution in [0.2, 0.25) is 0 Å². The fourth-order valence-corrected chi connectivity index (χ4v) is 14.4. The molecule has 0 saturated heterocycles. The zero-order valence-electron chi connectivity index (χ0n) is 40.3. The summed E-state index contributed by atoms with van der Waals surface area (Å²) in [7, 11) is 0. The summed E-state index contributed by atoms with van der Waals surface area (Å²) in [5.74, 6) is 8.55. The molecule has 0 bridgehead atoms. The average molecular weight is 980 g/mol. The third kappa shape index (κ3) is 20.3. The largest absolute Gasteiger partial charge is 0.324 e. The minimum atomic E-state index is 0.548. The molecule has 4 rings (SSSR count). The lowest BCUT2D eigenvalue weighted by Gasteiger charge is -2.18. The molecule has 0 spiro atoms. The third-order valence-electron chi connectivity index (χ3n) is 10.7. The molecule has 4 aromatic rings. The fourth-order valence-electron chi connectivity index (χ4n) is 6.90. The van der Waals surface area contributed by atoms with E-state index in [4.69, 9.17) is 15.0 Å². The SMILES string of the molecule is [CH2]Cc1ccc(-c2nc(Nc3cc(SCCCCC)c(SCCCCC)c(SCCCCC)c3)nc(Nc3cc(SCCCCC)c(SCCCCC)c(SCCCCC)c3)n2)cc1. The van der Waals surface area contributed by atoms with Gasteiger partial charge in [0.2, 0.25) is 11.9 Å². The maximum atomic E-state index is 5.14. The number of anilines is 4. The predicted molar refractivity (Wildman–Crippen MR) is 295 cm³/mol. The van der Waals surface area contributed by atoms with Gasteiger partial charge in [-0.1, -0.05) is 143 Å². The Kier molecular flexibility index (Phi) is 29.0. The van der Waals surface area contributed by atoms with Gasteiger partial charge in [-0.25, -0.2) is 0 Å². The Morgan fingerprint density at radius 3 is 1.02 bits per heavy atom. The van der Waals surface area contributed by atoms with Gasteiger partial charge >= 0.3 is 0 Å². The van der Waals surface area contributed by atoms with E-state index in [9.17, 15) is 0 Å². The second-order valence-corrected chi connectivity index (χ2v) is 23.2. The zero-order chi connectivity index (χ0) is 45.6. The first-order valence-electron chi connectivity index (χ1n) is 24.8. The van der Waals surface area contributed by atoms with Crippen molar-refractivity contribution in [1.82, 2.24) is 15.0 Å². The van der Waals surface area contributed by atoms with Crippen LogP contribution < -0.4 is 10.6 Å². The number of hydrogen-bond donors (Lipinski definition) is 2. The molecule has 0 aliphatic carbocycles. The van der Waals surface area contributed by atoms with Crippen LogP contribution in [0.15, 0.2) is 77.9 Å². The molecule has 0 aliphatic heterocycles. The van der Waals surface area contributed by atoms with Gasteiger partial charge in [-0.15, -0.1) is 70.6 Å². The lowest BCUT2D eigenvalue weighted by Crippen LogP contribution is -2.06. The van der Waals surface area contributed by atoms with E-state index in [2.05, 4.69) is 131 Å². The van der Waals surface area contributed by atoms with Gasteiger partial charge in [0.15, 0.2) is 5.82 Å². The molecule has 11 heteroatoms. The third-order valence-corrected chi connectivity index (χ3v) is 18.2. The van der Waals surface area contributed by atoms with E-state index in [-0.39, 0.29) is 0 Å². The first kappa shape index (κ1) is 55.0. The van der Waals surface area contributed by atoms with Crippen molar-refractivity contribution in [3.63, 3.8) is 0 Å². The highest BCUT2D eigenvalue weighted by Crippen LogP contribution is 2.44. The Labute approximate surface area is 416 Å². The van der Waals surface area contributed by atoms with Gasteiger partial charge in [0.1, 0.15) is 0 Å². The Morgan fingerprint density at radius 1 is 0.406 bits per heavy atom. The summed E-state index contributed by atoms with van der Waals surface area (Å²) in [6.07, 6.45) is 23.2. The predicted octanol–water partition coefficient (Wildman–Crippen LogP) is 19.1. The van der Waals surface area contributed by atoms with E-state index in [1.54, 1.807) is 0 Å². The molecule has 64 heavy (non-hydrogen) atoms. The van der Waals surface area contributed by atoms with Crippen LogP contribution >= 0.6 is 70.6 Å². The zero-order valence-corrected chi connectivity index (χ0v) is 45.2. The maximum Gasteiger partial charge on any atom is 0.232 e. The van der Waals surface area contributed by atoms with Gasteiger partial charge in [-0.3, -0.25) is 0 Å². The van der Waals surface area contributed by atoms with Crippen LogP contribution in [0, 0.1) is 6.92 Å². The van der Waals surface area contributed by atoms with E-state index in [1.165, 1.54) is 151 Å². The van der Waals surface area contributed by atoms with E-state index < -0.39 is 0 Å². The number of rotatable bonds is 36. The van der Waals surface area contributed by atoms with Crippen molar-refractivity contribution in [2.24, 2.45) is 0 Å². The van der Waals surface area contributed by atoms with Crippen LogP contribution in [0.1, 0.15) is 163 Å². The molecule has 0 amide bonds. The molecule has 5 nitrogen and oxygen atoms in total. The fraction of sp³-hybridized carbons (Fsp3) is 0.585. The summed E-state index contributed by atoms with van der Waals surface area (Å²) in [5.41, 5.74) is 4.22. The molecule has 0 saturated carbocycles. The molecule has 1 radical (unpaired) electrons. The lowest BCUT2D eigenvalue weighted by molar-refractivity contribution is 0.776. The van der Waals surface area contributed by atoms with Crippen molar-refractivity contribution < 1.29 is 0 Å². The lowest BCUT2D eigenvalue weighted by atomic mass is 10.1. The maximum absolute atomic E-state index is 5.14. The van der Waals surface area contributed by atoms with Crippen molar-refractivity contribution in [2.75, 3.05) is 45.2 Å². The number of unbranched alkanes of at least 4 members (excludes halogenated alkanes) is 12. The number of thioether (sulfide) groups is 6. The second kappa shape index (κ2) is 33.8. The summed E-state index contributed by atoms with van der Waals surface area (Å²) in [5, 5.41) is 7.47.